The highest BCUT2D eigenvalue weighted by Crippen LogP contribution is 2.57. The molecule has 0 bridgehead atoms. The number of carboxylic acid groups (broad SMARTS) is 1. The van der Waals surface area contributed by atoms with E-state index < -0.39 is 35.5 Å². The first-order valence-corrected chi connectivity index (χ1v) is 11.7. The summed E-state index contributed by atoms with van der Waals surface area (Å²) in [7, 11) is 1.94. The number of carbonyl (C=O) groups excluding carboxylic acids is 1. The second-order valence-corrected chi connectivity index (χ2v) is 9.83. The Bertz CT molecular complexity index is 1370. The lowest BCUT2D eigenvalue weighted by atomic mass is 9.80. The number of alkyl halides is 1. The lowest BCUT2D eigenvalue weighted by Crippen LogP contribution is -2.51. The number of aromatic nitrogens is 4. The molecule has 1 saturated heterocycles. The monoisotopic (exact) mass is 497 g/mol. The van der Waals surface area contributed by atoms with E-state index in [4.69, 9.17) is 9.47 Å². The molecule has 1 N–H and O–H groups in total. The fraction of sp³-hybridized carbons (Fsp3) is 0.480. The Morgan fingerprint density at radius 3 is 2.61 bits per heavy atom. The van der Waals surface area contributed by atoms with Crippen molar-refractivity contribution in [3.8, 4) is 0 Å². The average Bonchev–Trinajstić information content (AvgIpc) is 3.54. The molecule has 0 amide bonds. The molecule has 0 spiro atoms. The lowest BCUT2D eigenvalue weighted by Gasteiger charge is -2.37. The van der Waals surface area contributed by atoms with Gasteiger partial charge >= 0.3 is 11.9 Å². The van der Waals surface area contributed by atoms with E-state index in [1.54, 1.807) is 19.1 Å². The van der Waals surface area contributed by atoms with Gasteiger partial charge in [-0.3, -0.25) is 9.36 Å². The first kappa shape index (κ1) is 24.1. The van der Waals surface area contributed by atoms with E-state index in [0.717, 1.165) is 12.8 Å². The van der Waals surface area contributed by atoms with Crippen molar-refractivity contribution in [1.82, 2.24) is 19.5 Å². The summed E-state index contributed by atoms with van der Waals surface area (Å²) < 4.78 is 30.3. The summed E-state index contributed by atoms with van der Waals surface area (Å²) in [6.07, 6.45) is 2.60. The quantitative estimate of drug-likeness (QED) is 0.508. The van der Waals surface area contributed by atoms with Crippen LogP contribution in [0, 0.1) is 6.92 Å². The molecule has 5 rings (SSSR count). The number of anilines is 1. The number of hydrogen-bond donors (Lipinski definition) is 1. The van der Waals surface area contributed by atoms with Crippen LogP contribution in [-0.2, 0) is 14.3 Å². The van der Waals surface area contributed by atoms with Crippen molar-refractivity contribution in [3.05, 3.63) is 47.5 Å². The van der Waals surface area contributed by atoms with E-state index >= 15 is 4.39 Å². The van der Waals surface area contributed by atoms with Gasteiger partial charge in [-0.1, -0.05) is 12.1 Å². The minimum atomic E-state index is -2.25. The number of halogens is 1. The number of benzene rings is 1. The average molecular weight is 498 g/mol. The van der Waals surface area contributed by atoms with Crippen LogP contribution in [0.3, 0.4) is 0 Å². The van der Waals surface area contributed by atoms with Crippen LogP contribution < -0.4 is 4.90 Å². The number of esters is 1. The zero-order valence-corrected chi connectivity index (χ0v) is 20.7. The van der Waals surface area contributed by atoms with E-state index in [1.165, 1.54) is 44.1 Å². The maximum absolute atomic E-state index is 16.9. The van der Waals surface area contributed by atoms with Crippen molar-refractivity contribution in [2.75, 3.05) is 11.9 Å². The highest BCUT2D eigenvalue weighted by atomic mass is 19.1. The molecule has 10 nitrogen and oxygen atoms in total. The third kappa shape index (κ3) is 3.52. The molecule has 0 radical (unpaired) electrons. The van der Waals surface area contributed by atoms with Crippen molar-refractivity contribution in [2.24, 2.45) is 0 Å². The van der Waals surface area contributed by atoms with Crippen LogP contribution in [0.1, 0.15) is 67.4 Å². The molecule has 11 heteroatoms. The fourth-order valence-corrected chi connectivity index (χ4v) is 5.11. The Morgan fingerprint density at radius 1 is 1.25 bits per heavy atom. The van der Waals surface area contributed by atoms with E-state index in [2.05, 4.69) is 15.0 Å². The van der Waals surface area contributed by atoms with E-state index in [0.29, 0.717) is 34.2 Å². The van der Waals surface area contributed by atoms with Crippen molar-refractivity contribution in [1.29, 1.82) is 0 Å². The van der Waals surface area contributed by atoms with E-state index in [9.17, 15) is 14.7 Å². The molecular formula is C25H28FN5O5. The fourth-order valence-electron chi connectivity index (χ4n) is 5.11. The van der Waals surface area contributed by atoms with E-state index in [1.807, 2.05) is 11.9 Å². The van der Waals surface area contributed by atoms with E-state index in [-0.39, 0.29) is 5.56 Å². The van der Waals surface area contributed by atoms with Crippen LogP contribution in [-0.4, -0.2) is 60.9 Å². The minimum absolute atomic E-state index is 0.0545. The zero-order chi connectivity index (χ0) is 26.0. The van der Waals surface area contributed by atoms with Gasteiger partial charge in [-0.2, -0.15) is 0 Å². The van der Waals surface area contributed by atoms with Crippen LogP contribution in [0.2, 0.25) is 0 Å². The molecule has 4 atom stereocenters. The maximum atomic E-state index is 16.9. The summed E-state index contributed by atoms with van der Waals surface area (Å²) in [5, 5.41) is 9.62. The third-order valence-corrected chi connectivity index (χ3v) is 7.46. The van der Waals surface area contributed by atoms with Crippen molar-refractivity contribution in [2.45, 2.75) is 70.2 Å². The number of carboxylic acids is 1. The van der Waals surface area contributed by atoms with Gasteiger partial charge in [0.05, 0.1) is 11.9 Å². The Labute approximate surface area is 207 Å². The molecule has 1 saturated carbocycles. The SMILES string of the molecule is CC(=O)OC1(C)[C@@H](c2cccc(C(=O)O)c2C)OC(n2cnc3c(N(C)C4CC4)ncnc32)[C@]1(C)F. The normalized spacial score (nSPS) is 27.8. The molecule has 2 aromatic heterocycles. The summed E-state index contributed by atoms with van der Waals surface area (Å²) in [4.78, 5) is 39.2. The van der Waals surface area contributed by atoms with Gasteiger partial charge < -0.3 is 19.5 Å². The van der Waals surface area contributed by atoms with Crippen molar-refractivity contribution >= 4 is 28.9 Å². The maximum Gasteiger partial charge on any atom is 0.335 e. The van der Waals surface area contributed by atoms with Crippen LogP contribution in [0.15, 0.2) is 30.9 Å². The number of carbonyl (C=O) groups is 2. The van der Waals surface area contributed by atoms with Gasteiger partial charge in [0.25, 0.3) is 0 Å². The molecular weight excluding hydrogens is 469 g/mol. The number of fused-ring (bicyclic) bond motifs is 1. The zero-order valence-electron chi connectivity index (χ0n) is 20.7. The molecule has 2 unspecified atom stereocenters. The van der Waals surface area contributed by atoms with Crippen molar-refractivity contribution in [3.63, 3.8) is 0 Å². The predicted octanol–water partition coefficient (Wildman–Crippen LogP) is 3.75. The Hall–Kier alpha value is -3.60. The summed E-state index contributed by atoms with van der Waals surface area (Å²) >= 11 is 0. The minimum Gasteiger partial charge on any atom is -0.478 e. The highest BCUT2D eigenvalue weighted by Gasteiger charge is 2.67. The van der Waals surface area contributed by atoms with Crippen LogP contribution in [0.4, 0.5) is 10.2 Å². The summed E-state index contributed by atoms with van der Waals surface area (Å²) in [5.41, 5.74) is -2.29. The van der Waals surface area contributed by atoms with Gasteiger partial charge in [0.2, 0.25) is 0 Å². The molecule has 3 aromatic rings. The summed E-state index contributed by atoms with van der Waals surface area (Å²) in [5.74, 6) is -1.16. The number of nitrogens with zero attached hydrogens (tertiary/aromatic N) is 5. The van der Waals surface area contributed by atoms with Gasteiger partial charge in [0.15, 0.2) is 34.5 Å². The van der Waals surface area contributed by atoms with Gasteiger partial charge in [-0.05, 0) is 50.8 Å². The molecule has 2 fully saturated rings. The third-order valence-electron chi connectivity index (χ3n) is 7.46. The van der Waals surface area contributed by atoms with Crippen molar-refractivity contribution < 1.29 is 28.6 Å². The lowest BCUT2D eigenvalue weighted by molar-refractivity contribution is -0.174. The summed E-state index contributed by atoms with van der Waals surface area (Å²) in [6.45, 7) is 5.60. The molecule has 3 heterocycles. The second-order valence-electron chi connectivity index (χ2n) is 9.83. The largest absolute Gasteiger partial charge is 0.478 e. The Kier molecular flexibility index (Phi) is 5.51. The number of hydrogen-bond acceptors (Lipinski definition) is 8. The first-order chi connectivity index (χ1) is 17.0. The van der Waals surface area contributed by atoms with Gasteiger partial charge in [0, 0.05) is 20.0 Å². The summed E-state index contributed by atoms with van der Waals surface area (Å²) in [6, 6.07) is 5.06. The topological polar surface area (TPSA) is 120 Å². The van der Waals surface area contributed by atoms with Gasteiger partial charge in [0.1, 0.15) is 12.4 Å². The predicted molar refractivity (Wildman–Crippen MR) is 127 cm³/mol. The van der Waals surface area contributed by atoms with Crippen LogP contribution >= 0.6 is 0 Å². The Morgan fingerprint density at radius 2 is 1.97 bits per heavy atom. The van der Waals surface area contributed by atoms with Gasteiger partial charge in [-0.15, -0.1) is 0 Å². The standard InChI is InChI=1S/C25H28FN5O5/c1-13-16(7-6-8-17(13)22(33)34)19-25(4,36-14(2)32)24(3,26)23(35-19)31-12-29-18-20(27-11-28-21(18)31)30(5)15-9-10-15/h6-8,11-12,15,19,23H,9-10H2,1-5H3,(H,33,34)/t19-,23?,24+,25?/m1/s1. The molecule has 1 aliphatic heterocycles. The molecule has 2 aliphatic rings. The molecule has 190 valence electrons. The molecule has 1 aliphatic carbocycles. The number of rotatable bonds is 6. The first-order valence-electron chi connectivity index (χ1n) is 11.7. The van der Waals surface area contributed by atoms with Gasteiger partial charge in [-0.25, -0.2) is 24.1 Å². The second kappa shape index (κ2) is 8.22. The number of imidazole rings is 1. The van der Waals surface area contributed by atoms with Crippen LogP contribution in [0.25, 0.3) is 11.2 Å². The van der Waals surface area contributed by atoms with Crippen LogP contribution in [0.5, 0.6) is 0 Å². The molecule has 1 aromatic carbocycles. The highest BCUT2D eigenvalue weighted by molar-refractivity contribution is 5.89. The molecule has 36 heavy (non-hydrogen) atoms. The smallest absolute Gasteiger partial charge is 0.335 e. The Balaban J connectivity index is 1.64. The number of ether oxygens (including phenoxy) is 2. The number of aromatic carboxylic acids is 1.